The second-order valence-electron chi connectivity index (χ2n) is 7.53. The van der Waals surface area contributed by atoms with Gasteiger partial charge in [-0.1, -0.05) is 0 Å². The molecule has 10 nitrogen and oxygen atoms in total. The Morgan fingerprint density at radius 3 is 2.06 bits per heavy atom. The average Bonchev–Trinajstić information content (AvgIpc) is 3.18. The highest BCUT2D eigenvalue weighted by atomic mass is 16.4. The summed E-state index contributed by atoms with van der Waals surface area (Å²) < 4.78 is 5.16. The first kappa shape index (κ1) is 22.8. The molecule has 2 saturated heterocycles. The van der Waals surface area contributed by atoms with E-state index in [1.54, 1.807) is 34.6 Å². The molecule has 31 heavy (non-hydrogen) atoms. The summed E-state index contributed by atoms with van der Waals surface area (Å²) in [5, 5.41) is 6.08. The minimum absolute atomic E-state index is 0.0532. The number of carbonyl (C=O) groups is 2. The zero-order chi connectivity index (χ0) is 22.1. The van der Waals surface area contributed by atoms with Crippen LogP contribution in [-0.2, 0) is 9.59 Å². The number of carbonyl (C=O) groups excluding carboxylic acids is 2. The first-order valence-electron chi connectivity index (χ1n) is 10.8. The fraction of sp³-hybridized carbons (Fsp3) is 0.571. The van der Waals surface area contributed by atoms with Crippen molar-refractivity contribution in [1.29, 1.82) is 0 Å². The van der Waals surface area contributed by atoms with Crippen molar-refractivity contribution < 1.29 is 14.0 Å². The molecule has 0 aliphatic carbocycles. The van der Waals surface area contributed by atoms with Crippen molar-refractivity contribution in [3.05, 3.63) is 31.1 Å². The Morgan fingerprint density at radius 1 is 0.871 bits per heavy atom. The SMILES string of the molecule is CNC1CCCCN(c2cnccn2)C1=O.CNC1CCCCN(c2ncco2)C1=O. The van der Waals surface area contributed by atoms with Crippen LogP contribution in [0.25, 0.3) is 0 Å². The molecule has 2 N–H and O–H groups in total. The molecule has 2 fully saturated rings. The van der Waals surface area contributed by atoms with Gasteiger partial charge in [0, 0.05) is 25.5 Å². The van der Waals surface area contributed by atoms with Gasteiger partial charge in [0.2, 0.25) is 11.8 Å². The lowest BCUT2D eigenvalue weighted by Gasteiger charge is -2.22. The number of oxazole rings is 1. The van der Waals surface area contributed by atoms with E-state index in [4.69, 9.17) is 4.42 Å². The number of hydrogen-bond donors (Lipinski definition) is 2. The number of nitrogens with one attached hydrogen (secondary N) is 2. The normalized spacial score (nSPS) is 22.4. The molecule has 4 heterocycles. The van der Waals surface area contributed by atoms with E-state index in [1.165, 1.54) is 6.26 Å². The predicted octanol–water partition coefficient (Wildman–Crippen LogP) is 1.36. The topological polar surface area (TPSA) is 116 Å². The van der Waals surface area contributed by atoms with Crippen molar-refractivity contribution in [1.82, 2.24) is 25.6 Å². The van der Waals surface area contributed by atoms with Crippen LogP contribution >= 0.6 is 0 Å². The molecule has 0 spiro atoms. The minimum Gasteiger partial charge on any atom is -0.432 e. The Balaban J connectivity index is 0.000000176. The molecule has 4 rings (SSSR count). The quantitative estimate of drug-likeness (QED) is 0.748. The molecule has 0 bridgehead atoms. The first-order valence-corrected chi connectivity index (χ1v) is 10.8. The van der Waals surface area contributed by atoms with Crippen molar-refractivity contribution in [3.63, 3.8) is 0 Å². The third-order valence-corrected chi connectivity index (χ3v) is 5.55. The summed E-state index contributed by atoms with van der Waals surface area (Å²) >= 11 is 0. The van der Waals surface area contributed by atoms with Crippen LogP contribution in [-0.4, -0.2) is 66.0 Å². The summed E-state index contributed by atoms with van der Waals surface area (Å²) in [7, 11) is 3.63. The smallest absolute Gasteiger partial charge is 0.304 e. The van der Waals surface area contributed by atoms with E-state index in [9.17, 15) is 9.59 Å². The van der Waals surface area contributed by atoms with Crippen molar-refractivity contribution in [2.75, 3.05) is 37.0 Å². The van der Waals surface area contributed by atoms with E-state index in [0.29, 0.717) is 18.4 Å². The lowest BCUT2D eigenvalue weighted by molar-refractivity contribution is -0.121. The zero-order valence-electron chi connectivity index (χ0n) is 18.2. The van der Waals surface area contributed by atoms with Gasteiger partial charge in [-0.25, -0.2) is 9.97 Å². The van der Waals surface area contributed by atoms with Gasteiger partial charge in [0.25, 0.3) is 0 Å². The molecule has 0 aromatic carbocycles. The summed E-state index contributed by atoms with van der Waals surface area (Å²) in [6.07, 6.45) is 13.8. The van der Waals surface area contributed by atoms with E-state index in [2.05, 4.69) is 25.6 Å². The highest BCUT2D eigenvalue weighted by Gasteiger charge is 2.29. The standard InChI is InChI=1S/C11H16N4O.C10H15N3O2/c1-12-9-4-2-3-7-15(11(9)16)10-8-13-5-6-14-10;1-11-8-4-2-3-6-13(9(8)14)10-12-5-7-15-10/h5-6,8-9,12H,2-4,7H2,1H3;5,7-8,11H,2-4,6H2,1H3. The lowest BCUT2D eigenvalue weighted by Crippen LogP contribution is -2.44. The number of anilines is 2. The molecule has 2 aromatic rings. The summed E-state index contributed by atoms with van der Waals surface area (Å²) in [6.45, 7) is 1.42. The summed E-state index contributed by atoms with van der Waals surface area (Å²) in [6, 6.07) is 0.200. The fourth-order valence-electron chi connectivity index (χ4n) is 3.81. The monoisotopic (exact) mass is 429 g/mol. The molecule has 168 valence electrons. The highest BCUT2D eigenvalue weighted by Crippen LogP contribution is 2.19. The van der Waals surface area contributed by atoms with Crippen LogP contribution in [0.3, 0.4) is 0 Å². The van der Waals surface area contributed by atoms with Crippen LogP contribution in [0.2, 0.25) is 0 Å². The van der Waals surface area contributed by atoms with Crippen LogP contribution < -0.4 is 20.4 Å². The Bertz CT molecular complexity index is 816. The summed E-state index contributed by atoms with van der Waals surface area (Å²) in [5.74, 6) is 0.799. The third-order valence-electron chi connectivity index (χ3n) is 5.55. The van der Waals surface area contributed by atoms with Gasteiger partial charge in [-0.3, -0.25) is 24.4 Å². The van der Waals surface area contributed by atoms with Crippen LogP contribution in [0.1, 0.15) is 38.5 Å². The van der Waals surface area contributed by atoms with E-state index in [1.807, 2.05) is 14.1 Å². The van der Waals surface area contributed by atoms with Crippen molar-refractivity contribution in [2.45, 2.75) is 50.6 Å². The fourth-order valence-corrected chi connectivity index (χ4v) is 3.81. The molecule has 2 amide bonds. The van der Waals surface area contributed by atoms with Crippen LogP contribution in [0.5, 0.6) is 0 Å². The Morgan fingerprint density at radius 2 is 1.52 bits per heavy atom. The predicted molar refractivity (Wildman–Crippen MR) is 117 cm³/mol. The molecule has 2 aliphatic rings. The van der Waals surface area contributed by atoms with Gasteiger partial charge in [-0.2, -0.15) is 0 Å². The van der Waals surface area contributed by atoms with Crippen molar-refractivity contribution in [3.8, 4) is 0 Å². The van der Waals surface area contributed by atoms with Crippen molar-refractivity contribution in [2.24, 2.45) is 0 Å². The summed E-state index contributed by atoms with van der Waals surface area (Å²) in [5.41, 5.74) is 0. The largest absolute Gasteiger partial charge is 0.432 e. The Labute approximate surface area is 182 Å². The zero-order valence-corrected chi connectivity index (χ0v) is 18.2. The molecule has 2 aliphatic heterocycles. The number of nitrogens with zero attached hydrogens (tertiary/aromatic N) is 5. The molecule has 10 heteroatoms. The number of aromatic nitrogens is 3. The maximum atomic E-state index is 12.2. The van der Waals surface area contributed by atoms with Gasteiger partial charge in [-0.05, 0) is 52.6 Å². The van der Waals surface area contributed by atoms with Gasteiger partial charge in [0.15, 0.2) is 5.82 Å². The number of amides is 2. The van der Waals surface area contributed by atoms with Gasteiger partial charge >= 0.3 is 6.01 Å². The van der Waals surface area contributed by atoms with Crippen LogP contribution in [0.4, 0.5) is 11.8 Å². The highest BCUT2D eigenvalue weighted by molar-refractivity contribution is 5.96. The van der Waals surface area contributed by atoms with E-state index in [-0.39, 0.29) is 23.9 Å². The van der Waals surface area contributed by atoms with Crippen LogP contribution in [0, 0.1) is 0 Å². The molecular formula is C21H31N7O3. The maximum Gasteiger partial charge on any atom is 0.304 e. The van der Waals surface area contributed by atoms with Gasteiger partial charge in [0.1, 0.15) is 6.26 Å². The molecular weight excluding hydrogens is 398 g/mol. The molecule has 2 atom stereocenters. The van der Waals surface area contributed by atoms with Gasteiger partial charge in [0.05, 0.1) is 24.5 Å². The third kappa shape index (κ3) is 5.86. The van der Waals surface area contributed by atoms with E-state index >= 15 is 0 Å². The summed E-state index contributed by atoms with van der Waals surface area (Å²) in [4.78, 5) is 39.7. The second-order valence-corrected chi connectivity index (χ2v) is 7.53. The van der Waals surface area contributed by atoms with Gasteiger partial charge < -0.3 is 15.1 Å². The molecule has 0 saturated carbocycles. The number of rotatable bonds is 4. The molecule has 2 aromatic heterocycles. The lowest BCUT2D eigenvalue weighted by atomic mass is 10.1. The van der Waals surface area contributed by atoms with E-state index in [0.717, 1.165) is 45.1 Å². The first-order chi connectivity index (χ1) is 15.2. The average molecular weight is 430 g/mol. The maximum absolute atomic E-state index is 12.2. The minimum atomic E-state index is -0.112. The molecule has 2 unspecified atom stereocenters. The van der Waals surface area contributed by atoms with Gasteiger partial charge in [-0.15, -0.1) is 0 Å². The Kier molecular flexibility index (Phi) is 8.48. The number of hydrogen-bond acceptors (Lipinski definition) is 8. The number of likely N-dealkylation sites (N-methyl/N-ethyl adjacent to an activating group) is 2. The molecule has 0 radical (unpaired) electrons. The van der Waals surface area contributed by atoms with Crippen molar-refractivity contribution >= 4 is 23.6 Å². The Hall–Kier alpha value is -2.85. The van der Waals surface area contributed by atoms with Crippen LogP contribution in [0.15, 0.2) is 35.5 Å². The second kappa shape index (κ2) is 11.5. The van der Waals surface area contributed by atoms with E-state index < -0.39 is 0 Å².